The average Bonchev–Trinajstić information content (AvgIpc) is 3.19. The molecule has 1 unspecified atom stereocenters. The van der Waals surface area contributed by atoms with Gasteiger partial charge in [0.25, 0.3) is 0 Å². The van der Waals surface area contributed by atoms with Crippen LogP contribution in [0, 0.1) is 0 Å². The normalized spacial score (nSPS) is 11.8. The first kappa shape index (κ1) is 22.1. The van der Waals surface area contributed by atoms with Crippen molar-refractivity contribution in [2.75, 3.05) is 13.7 Å². The van der Waals surface area contributed by atoms with E-state index >= 15 is 0 Å². The van der Waals surface area contributed by atoms with E-state index in [0.717, 1.165) is 17.3 Å². The van der Waals surface area contributed by atoms with Crippen LogP contribution in [-0.2, 0) is 15.3 Å². The number of thioether (sulfide) groups is 2. The molecule has 158 valence electrons. The van der Waals surface area contributed by atoms with Crippen LogP contribution in [0.3, 0.4) is 0 Å². The quantitative estimate of drug-likeness (QED) is 0.262. The molecule has 8 nitrogen and oxygen atoms in total. The second-order valence-electron chi connectivity index (χ2n) is 6.02. The smallest absolute Gasteiger partial charge is 0.319 e. The van der Waals surface area contributed by atoms with Gasteiger partial charge in [-0.1, -0.05) is 30.4 Å². The topological polar surface area (TPSA) is 92.0 Å². The largest absolute Gasteiger partial charge is 0.497 e. The lowest BCUT2D eigenvalue weighted by atomic mass is 10.3. The van der Waals surface area contributed by atoms with Gasteiger partial charge in [0.05, 0.1) is 19.5 Å². The van der Waals surface area contributed by atoms with E-state index in [1.807, 2.05) is 35.8 Å². The molecule has 0 aliphatic carbocycles. The van der Waals surface area contributed by atoms with Crippen molar-refractivity contribution in [3.8, 4) is 11.4 Å². The minimum Gasteiger partial charge on any atom is -0.497 e. The fourth-order valence-electron chi connectivity index (χ4n) is 2.61. The molecule has 0 spiro atoms. The zero-order valence-electron chi connectivity index (χ0n) is 17.0. The van der Waals surface area contributed by atoms with Gasteiger partial charge in [0.15, 0.2) is 10.3 Å². The number of nitrogens with zero attached hydrogens (tertiary/aromatic N) is 5. The molecular weight excluding hydrogens is 422 g/mol. The molecular formula is C20H23N5O3S2. The molecule has 30 heavy (non-hydrogen) atoms. The lowest BCUT2D eigenvalue weighted by Crippen LogP contribution is -2.20. The number of rotatable bonds is 10. The Kier molecular flexibility index (Phi) is 8.09. The maximum absolute atomic E-state index is 12.3. The molecule has 3 rings (SSSR count). The van der Waals surface area contributed by atoms with Crippen molar-refractivity contribution >= 4 is 29.5 Å². The summed E-state index contributed by atoms with van der Waals surface area (Å²) in [6.07, 6.45) is 4.03. The van der Waals surface area contributed by atoms with E-state index in [4.69, 9.17) is 9.47 Å². The van der Waals surface area contributed by atoms with E-state index in [1.54, 1.807) is 32.5 Å². The summed E-state index contributed by atoms with van der Waals surface area (Å²) in [6.45, 7) is 4.10. The molecule has 0 aliphatic heterocycles. The highest BCUT2D eigenvalue weighted by atomic mass is 32.2. The molecule has 0 saturated heterocycles. The Bertz CT molecular complexity index is 951. The molecule has 3 aromatic rings. The maximum atomic E-state index is 12.3. The van der Waals surface area contributed by atoms with Gasteiger partial charge in [-0.15, -0.1) is 10.2 Å². The van der Waals surface area contributed by atoms with Crippen LogP contribution >= 0.6 is 23.5 Å². The summed E-state index contributed by atoms with van der Waals surface area (Å²) in [5.74, 6) is 1.77. The van der Waals surface area contributed by atoms with E-state index in [2.05, 4.69) is 20.2 Å². The van der Waals surface area contributed by atoms with Crippen LogP contribution < -0.4 is 4.74 Å². The van der Waals surface area contributed by atoms with Gasteiger partial charge >= 0.3 is 5.97 Å². The third-order valence-corrected chi connectivity index (χ3v) is 6.23. The number of aromatic nitrogens is 5. The molecule has 0 fully saturated rings. The summed E-state index contributed by atoms with van der Waals surface area (Å²) < 4.78 is 12.4. The standard InChI is InChI=1S/C20H23N5O3S2/c1-4-16(18(26)28-5-2)30-20-24-23-17(13-29-19-21-11-6-12-22-19)25(20)14-7-9-15(27-3)10-8-14/h6-12,16H,4-5,13H2,1-3H3. The van der Waals surface area contributed by atoms with Crippen molar-refractivity contribution < 1.29 is 14.3 Å². The number of benzene rings is 1. The first-order valence-corrected chi connectivity index (χ1v) is 11.3. The van der Waals surface area contributed by atoms with E-state index < -0.39 is 0 Å². The predicted octanol–water partition coefficient (Wildman–Crippen LogP) is 3.79. The zero-order valence-corrected chi connectivity index (χ0v) is 18.7. The van der Waals surface area contributed by atoms with Gasteiger partial charge in [0.2, 0.25) is 0 Å². The van der Waals surface area contributed by atoms with Crippen LogP contribution in [0.5, 0.6) is 5.75 Å². The fourth-order valence-corrected chi connectivity index (χ4v) is 4.32. The van der Waals surface area contributed by atoms with Crippen molar-refractivity contribution in [2.24, 2.45) is 0 Å². The number of hydrogen-bond donors (Lipinski definition) is 0. The van der Waals surface area contributed by atoms with E-state index in [1.165, 1.54) is 23.5 Å². The molecule has 2 aromatic heterocycles. The van der Waals surface area contributed by atoms with Gasteiger partial charge in [0.1, 0.15) is 16.8 Å². The van der Waals surface area contributed by atoms with Crippen molar-refractivity contribution in [3.63, 3.8) is 0 Å². The summed E-state index contributed by atoms with van der Waals surface area (Å²) in [4.78, 5) is 20.8. The highest BCUT2D eigenvalue weighted by Crippen LogP contribution is 2.30. The van der Waals surface area contributed by atoms with E-state index in [9.17, 15) is 4.79 Å². The lowest BCUT2D eigenvalue weighted by Gasteiger charge is -2.15. The molecule has 0 saturated carbocycles. The Hall–Kier alpha value is -2.59. The molecule has 0 aliphatic rings. The van der Waals surface area contributed by atoms with Gasteiger partial charge in [0, 0.05) is 18.1 Å². The number of methoxy groups -OCH3 is 1. The number of ether oxygens (including phenoxy) is 2. The number of esters is 1. The summed E-state index contributed by atoms with van der Waals surface area (Å²) in [6, 6.07) is 9.40. The third-order valence-electron chi connectivity index (χ3n) is 4.07. The van der Waals surface area contributed by atoms with Crippen LogP contribution in [0.1, 0.15) is 26.1 Å². The van der Waals surface area contributed by atoms with E-state index in [-0.39, 0.29) is 11.2 Å². The second kappa shape index (κ2) is 11.0. The molecule has 0 radical (unpaired) electrons. The Labute approximate surface area is 183 Å². The Balaban J connectivity index is 1.91. The predicted molar refractivity (Wildman–Crippen MR) is 116 cm³/mol. The molecule has 1 atom stereocenters. The van der Waals surface area contributed by atoms with Gasteiger partial charge < -0.3 is 9.47 Å². The molecule has 1 aromatic carbocycles. The Morgan fingerprint density at radius 3 is 2.50 bits per heavy atom. The van der Waals surface area contributed by atoms with Gasteiger partial charge in [-0.25, -0.2) is 9.97 Å². The maximum Gasteiger partial charge on any atom is 0.319 e. The van der Waals surface area contributed by atoms with Gasteiger partial charge in [-0.2, -0.15) is 0 Å². The van der Waals surface area contributed by atoms with E-state index in [0.29, 0.717) is 29.1 Å². The van der Waals surface area contributed by atoms with Gasteiger partial charge in [-0.3, -0.25) is 9.36 Å². The molecule has 10 heteroatoms. The highest BCUT2D eigenvalue weighted by Gasteiger charge is 2.24. The first-order valence-electron chi connectivity index (χ1n) is 9.48. The minimum atomic E-state index is -0.357. The van der Waals surface area contributed by atoms with Crippen molar-refractivity contribution in [1.29, 1.82) is 0 Å². The molecule has 0 amide bonds. The average molecular weight is 446 g/mol. The molecule has 2 heterocycles. The highest BCUT2D eigenvalue weighted by molar-refractivity contribution is 8.00. The first-order chi connectivity index (χ1) is 14.7. The zero-order chi connectivity index (χ0) is 21.3. The van der Waals surface area contributed by atoms with Crippen molar-refractivity contribution in [1.82, 2.24) is 24.7 Å². The molecule has 0 bridgehead atoms. The summed E-state index contributed by atoms with van der Waals surface area (Å²) in [5.41, 5.74) is 0.881. The van der Waals surface area contributed by atoms with Crippen LogP contribution in [-0.4, -0.2) is 49.7 Å². The van der Waals surface area contributed by atoms with Crippen LogP contribution in [0.25, 0.3) is 5.69 Å². The Morgan fingerprint density at radius 1 is 1.13 bits per heavy atom. The third kappa shape index (κ3) is 5.51. The number of hydrogen-bond acceptors (Lipinski definition) is 9. The van der Waals surface area contributed by atoms with Crippen molar-refractivity contribution in [2.45, 2.75) is 41.6 Å². The lowest BCUT2D eigenvalue weighted by molar-refractivity contribution is -0.142. The van der Waals surface area contributed by atoms with Crippen molar-refractivity contribution in [3.05, 3.63) is 48.5 Å². The summed E-state index contributed by atoms with van der Waals surface area (Å²) in [5, 5.41) is 9.67. The summed E-state index contributed by atoms with van der Waals surface area (Å²) >= 11 is 2.83. The fraction of sp³-hybridized carbons (Fsp3) is 0.350. The Morgan fingerprint density at radius 2 is 1.87 bits per heavy atom. The minimum absolute atomic E-state index is 0.247. The second-order valence-corrected chi connectivity index (χ2v) is 8.13. The van der Waals surface area contributed by atoms with Crippen LogP contribution in [0.15, 0.2) is 53.0 Å². The van der Waals surface area contributed by atoms with Crippen LogP contribution in [0.2, 0.25) is 0 Å². The van der Waals surface area contributed by atoms with Gasteiger partial charge in [-0.05, 0) is 43.7 Å². The summed E-state index contributed by atoms with van der Waals surface area (Å²) in [7, 11) is 1.63. The number of carbonyl (C=O) groups is 1. The SMILES string of the molecule is CCOC(=O)C(CC)Sc1nnc(CSc2ncccn2)n1-c1ccc(OC)cc1. The van der Waals surface area contributed by atoms with Crippen LogP contribution in [0.4, 0.5) is 0 Å². The molecule has 0 N–H and O–H groups in total. The monoisotopic (exact) mass is 445 g/mol. The number of carbonyl (C=O) groups excluding carboxylic acids is 1.